The molecule has 0 radical (unpaired) electrons. The van der Waals surface area contributed by atoms with Crippen LogP contribution in [-0.2, 0) is 4.79 Å². The second kappa shape index (κ2) is 8.88. The van der Waals surface area contributed by atoms with E-state index in [1.165, 1.54) is 11.8 Å². The Morgan fingerprint density at radius 2 is 1.93 bits per heavy atom. The number of rotatable bonds is 6. The van der Waals surface area contributed by atoms with Gasteiger partial charge in [-0.1, -0.05) is 42.1 Å². The number of carbonyl (C=O) groups is 1. The lowest BCUT2D eigenvalue weighted by molar-refractivity contribution is -0.118. The molecule has 0 bridgehead atoms. The molecule has 0 spiro atoms. The highest BCUT2D eigenvalue weighted by Gasteiger charge is 2.17. The number of para-hydroxylation sites is 2. The Hall–Kier alpha value is -3.57. The molecule has 0 atom stereocenters. The summed E-state index contributed by atoms with van der Waals surface area (Å²) in [4.78, 5) is 31.2. The third kappa shape index (κ3) is 4.39. The first-order chi connectivity index (χ1) is 13.6. The largest absolute Gasteiger partial charge is 0.483 e. The standard InChI is InChI=1S/C20H16N4O3S/c1-28-20-23-18(15(11-21)19(26)24-20)14-9-5-6-10-16(14)27-12-17(25)22-13-7-3-2-4-8-13/h2-10H,12H2,1H3,(H,22,25)(H,23,24,26). The van der Waals surface area contributed by atoms with Crippen LogP contribution in [0.4, 0.5) is 5.69 Å². The topological polar surface area (TPSA) is 108 Å². The number of nitrogens with one attached hydrogen (secondary N) is 2. The van der Waals surface area contributed by atoms with Gasteiger partial charge in [-0.2, -0.15) is 5.26 Å². The van der Waals surface area contributed by atoms with E-state index in [4.69, 9.17) is 4.74 Å². The number of thioether (sulfide) groups is 1. The third-order valence-electron chi connectivity index (χ3n) is 3.76. The molecule has 3 rings (SSSR count). The van der Waals surface area contributed by atoms with Crippen molar-refractivity contribution in [1.82, 2.24) is 9.97 Å². The molecular formula is C20H16N4O3S. The number of amides is 1. The number of carbonyl (C=O) groups excluding carboxylic acids is 1. The van der Waals surface area contributed by atoms with Gasteiger partial charge in [0.1, 0.15) is 23.1 Å². The summed E-state index contributed by atoms with van der Waals surface area (Å²) in [5, 5.41) is 12.5. The van der Waals surface area contributed by atoms with Crippen LogP contribution in [0.25, 0.3) is 11.3 Å². The number of aromatic amines is 1. The van der Waals surface area contributed by atoms with Crippen molar-refractivity contribution in [2.75, 3.05) is 18.2 Å². The average molecular weight is 392 g/mol. The van der Waals surface area contributed by atoms with Crippen molar-refractivity contribution in [1.29, 1.82) is 5.26 Å². The third-order valence-corrected chi connectivity index (χ3v) is 4.34. The van der Waals surface area contributed by atoms with Crippen LogP contribution in [0.5, 0.6) is 5.75 Å². The minimum atomic E-state index is -0.520. The number of anilines is 1. The summed E-state index contributed by atoms with van der Waals surface area (Å²) in [6.45, 7) is -0.230. The number of hydrogen-bond acceptors (Lipinski definition) is 6. The number of ether oxygens (including phenoxy) is 1. The van der Waals surface area contributed by atoms with Gasteiger partial charge in [-0.3, -0.25) is 9.59 Å². The zero-order chi connectivity index (χ0) is 19.9. The van der Waals surface area contributed by atoms with Crippen LogP contribution in [0.15, 0.2) is 64.5 Å². The molecule has 3 aromatic rings. The molecule has 1 amide bonds. The molecule has 0 aliphatic carbocycles. The smallest absolute Gasteiger partial charge is 0.270 e. The molecule has 28 heavy (non-hydrogen) atoms. The lowest BCUT2D eigenvalue weighted by atomic mass is 10.1. The molecule has 0 saturated heterocycles. The van der Waals surface area contributed by atoms with Gasteiger partial charge in [-0.25, -0.2) is 4.98 Å². The molecule has 0 fully saturated rings. The Morgan fingerprint density at radius 1 is 1.21 bits per heavy atom. The summed E-state index contributed by atoms with van der Waals surface area (Å²) in [5.41, 5.74) is 0.718. The fraction of sp³-hybridized carbons (Fsp3) is 0.100. The molecule has 8 heteroatoms. The van der Waals surface area contributed by atoms with E-state index >= 15 is 0 Å². The van der Waals surface area contributed by atoms with E-state index in [2.05, 4.69) is 15.3 Å². The Bertz CT molecular complexity index is 1090. The number of H-pyrrole nitrogens is 1. The predicted molar refractivity (Wildman–Crippen MR) is 107 cm³/mol. The molecule has 0 unspecified atom stereocenters. The molecule has 0 aliphatic heterocycles. The van der Waals surface area contributed by atoms with Crippen LogP contribution in [0.2, 0.25) is 0 Å². The van der Waals surface area contributed by atoms with E-state index in [9.17, 15) is 14.9 Å². The van der Waals surface area contributed by atoms with Gasteiger partial charge >= 0.3 is 0 Å². The highest BCUT2D eigenvalue weighted by Crippen LogP contribution is 2.30. The molecule has 0 aliphatic rings. The zero-order valence-electron chi connectivity index (χ0n) is 14.9. The SMILES string of the molecule is CSc1nc(-c2ccccc2OCC(=O)Nc2ccccc2)c(C#N)c(=O)[nH]1. The number of nitriles is 1. The molecule has 2 N–H and O–H groups in total. The maximum Gasteiger partial charge on any atom is 0.270 e. The van der Waals surface area contributed by atoms with Gasteiger partial charge < -0.3 is 15.0 Å². The maximum absolute atomic E-state index is 12.2. The number of nitrogens with zero attached hydrogens (tertiary/aromatic N) is 2. The quantitative estimate of drug-likeness (QED) is 0.493. The first-order valence-electron chi connectivity index (χ1n) is 8.28. The lowest BCUT2D eigenvalue weighted by Gasteiger charge is -2.12. The summed E-state index contributed by atoms with van der Waals surface area (Å²) < 4.78 is 5.66. The van der Waals surface area contributed by atoms with Gasteiger partial charge in [-0.05, 0) is 30.5 Å². The van der Waals surface area contributed by atoms with E-state index in [0.29, 0.717) is 22.2 Å². The zero-order valence-corrected chi connectivity index (χ0v) is 15.7. The van der Waals surface area contributed by atoms with Crippen LogP contribution in [0, 0.1) is 11.3 Å². The van der Waals surface area contributed by atoms with Gasteiger partial charge in [0.2, 0.25) is 0 Å². The van der Waals surface area contributed by atoms with Crippen molar-refractivity contribution in [2.24, 2.45) is 0 Å². The van der Waals surface area contributed by atoms with E-state index in [1.807, 2.05) is 24.3 Å². The molecule has 7 nitrogen and oxygen atoms in total. The Kier molecular flexibility index (Phi) is 6.09. The monoisotopic (exact) mass is 392 g/mol. The first kappa shape index (κ1) is 19.2. The summed E-state index contributed by atoms with van der Waals surface area (Å²) in [6, 6.07) is 17.8. The average Bonchev–Trinajstić information content (AvgIpc) is 2.72. The van der Waals surface area contributed by atoms with Crippen LogP contribution >= 0.6 is 11.8 Å². The van der Waals surface area contributed by atoms with Crippen molar-refractivity contribution >= 4 is 23.4 Å². The summed E-state index contributed by atoms with van der Waals surface area (Å²) >= 11 is 1.26. The fourth-order valence-electron chi connectivity index (χ4n) is 2.50. The highest BCUT2D eigenvalue weighted by atomic mass is 32.2. The normalized spacial score (nSPS) is 10.1. The van der Waals surface area contributed by atoms with E-state index in [1.54, 1.807) is 42.7 Å². The molecule has 0 saturated carbocycles. The Labute approximate surface area is 165 Å². The second-order valence-electron chi connectivity index (χ2n) is 5.61. The number of hydrogen-bond donors (Lipinski definition) is 2. The molecular weight excluding hydrogens is 376 g/mol. The molecule has 1 aromatic heterocycles. The summed E-state index contributed by atoms with van der Waals surface area (Å²) in [5.74, 6) is 0.0255. The van der Waals surface area contributed by atoms with Crippen LogP contribution in [0.3, 0.4) is 0 Å². The van der Waals surface area contributed by atoms with E-state index in [-0.39, 0.29) is 23.8 Å². The Morgan fingerprint density at radius 3 is 2.64 bits per heavy atom. The van der Waals surface area contributed by atoms with Crippen LogP contribution in [-0.4, -0.2) is 28.7 Å². The van der Waals surface area contributed by atoms with Crippen LogP contribution < -0.4 is 15.6 Å². The highest BCUT2D eigenvalue weighted by molar-refractivity contribution is 7.98. The summed E-state index contributed by atoms with van der Waals surface area (Å²) in [7, 11) is 0. The molecule has 140 valence electrons. The van der Waals surface area contributed by atoms with Gasteiger partial charge in [0.05, 0.1) is 0 Å². The summed E-state index contributed by atoms with van der Waals surface area (Å²) in [6.07, 6.45) is 1.77. The minimum absolute atomic E-state index is 0.109. The second-order valence-corrected chi connectivity index (χ2v) is 6.40. The minimum Gasteiger partial charge on any atom is -0.483 e. The fourth-order valence-corrected chi connectivity index (χ4v) is 2.88. The first-order valence-corrected chi connectivity index (χ1v) is 9.50. The van der Waals surface area contributed by atoms with Gasteiger partial charge in [0, 0.05) is 11.3 Å². The predicted octanol–water partition coefficient (Wildman–Crippen LogP) is 3.05. The molecule has 1 heterocycles. The van der Waals surface area contributed by atoms with Crippen LogP contribution in [0.1, 0.15) is 5.56 Å². The van der Waals surface area contributed by atoms with Gasteiger partial charge in [0.15, 0.2) is 11.8 Å². The lowest BCUT2D eigenvalue weighted by Crippen LogP contribution is -2.20. The number of aromatic nitrogens is 2. The van der Waals surface area contributed by atoms with Crippen molar-refractivity contribution in [3.63, 3.8) is 0 Å². The van der Waals surface area contributed by atoms with E-state index in [0.717, 1.165) is 0 Å². The Balaban J connectivity index is 1.86. The van der Waals surface area contributed by atoms with Gasteiger partial charge in [-0.15, -0.1) is 0 Å². The van der Waals surface area contributed by atoms with Gasteiger partial charge in [0.25, 0.3) is 11.5 Å². The number of benzene rings is 2. The van der Waals surface area contributed by atoms with E-state index < -0.39 is 5.56 Å². The van der Waals surface area contributed by atoms with Crippen molar-refractivity contribution in [3.8, 4) is 23.1 Å². The van der Waals surface area contributed by atoms with Crippen molar-refractivity contribution in [3.05, 3.63) is 70.5 Å². The van der Waals surface area contributed by atoms with Crippen molar-refractivity contribution < 1.29 is 9.53 Å². The van der Waals surface area contributed by atoms with Crippen molar-refractivity contribution in [2.45, 2.75) is 5.16 Å². The molecule has 2 aromatic carbocycles. The maximum atomic E-state index is 12.2.